The maximum atomic E-state index is 9.07. The van der Waals surface area contributed by atoms with E-state index < -0.39 is 16.6 Å². The molecule has 1 aromatic carbocycles. The number of hydrogen-bond acceptors (Lipinski definition) is 3. The first-order valence-electron chi connectivity index (χ1n) is 9.83. The molecule has 3 nitrogen and oxygen atoms in total. The molecule has 0 N–H and O–H groups in total. The zero-order valence-corrected chi connectivity index (χ0v) is 18.9. The monoisotopic (exact) mass is 375 g/mol. The van der Waals surface area contributed by atoms with E-state index in [1.54, 1.807) is 0 Å². The van der Waals surface area contributed by atoms with Gasteiger partial charge in [0.15, 0.2) is 16.6 Å². The Kier molecular flexibility index (Phi) is 9.15. The van der Waals surface area contributed by atoms with Gasteiger partial charge in [0, 0.05) is 0 Å². The van der Waals surface area contributed by atoms with Gasteiger partial charge in [-0.3, -0.25) is 0 Å². The third-order valence-corrected chi connectivity index (χ3v) is 15.1. The summed E-state index contributed by atoms with van der Waals surface area (Å²) < 4.78 is 13.5. The predicted molar refractivity (Wildman–Crippen MR) is 113 cm³/mol. The summed E-state index contributed by atoms with van der Waals surface area (Å²) in [6.45, 7) is 13.5. The van der Waals surface area contributed by atoms with E-state index >= 15 is 0 Å². The number of rotatable bonds is 11. The molecule has 0 aromatic heterocycles. The van der Waals surface area contributed by atoms with Gasteiger partial charge in [-0.25, -0.2) is 0 Å². The first-order chi connectivity index (χ1) is 12.0. The Balaban J connectivity index is 3.23. The highest BCUT2D eigenvalue weighted by atomic mass is 28.4. The van der Waals surface area contributed by atoms with Gasteiger partial charge in [0.1, 0.15) is 0 Å². The van der Waals surface area contributed by atoms with Crippen LogP contribution in [-0.4, -0.2) is 23.8 Å². The maximum absolute atomic E-state index is 9.07. The first kappa shape index (κ1) is 22.2. The second-order valence-electron chi connectivity index (χ2n) is 6.79. The summed E-state index contributed by atoms with van der Waals surface area (Å²) in [5.41, 5.74) is 1.73. The molecule has 0 aliphatic carbocycles. The minimum Gasteiger partial charge on any atom is -0.450 e. The lowest BCUT2D eigenvalue weighted by molar-refractivity contribution is 0.416. The zero-order valence-electron chi connectivity index (χ0n) is 16.9. The summed E-state index contributed by atoms with van der Waals surface area (Å²) in [4.78, 5) is 0. The Bertz CT molecular complexity index is 513. The fraction of sp³-hybridized carbons (Fsp3) is 0.632. The van der Waals surface area contributed by atoms with Crippen LogP contribution in [0.15, 0.2) is 24.3 Å². The Morgan fingerprint density at radius 1 is 0.760 bits per heavy atom. The van der Waals surface area contributed by atoms with Crippen molar-refractivity contribution in [3.8, 4) is 6.07 Å². The van der Waals surface area contributed by atoms with Crippen LogP contribution in [0.2, 0.25) is 36.3 Å². The molecule has 1 aromatic rings. The van der Waals surface area contributed by atoms with Gasteiger partial charge in [0.25, 0.3) is 0 Å². The van der Waals surface area contributed by atoms with E-state index in [1.165, 1.54) is 0 Å². The molecule has 0 fully saturated rings. The van der Waals surface area contributed by atoms with Crippen molar-refractivity contribution in [2.45, 2.75) is 77.8 Å². The second kappa shape index (κ2) is 10.3. The van der Waals surface area contributed by atoms with Gasteiger partial charge in [-0.1, -0.05) is 53.7 Å². The molecule has 138 valence electrons. The van der Waals surface area contributed by atoms with Crippen LogP contribution in [0.4, 0.5) is 0 Å². The maximum Gasteiger partial charge on any atom is 0.472 e. The van der Waals surface area contributed by atoms with Crippen molar-refractivity contribution in [1.29, 1.82) is 5.26 Å². The molecule has 0 unspecified atom stereocenters. The van der Waals surface area contributed by atoms with Crippen molar-refractivity contribution in [3.05, 3.63) is 29.8 Å². The van der Waals surface area contributed by atoms with Crippen LogP contribution in [0.3, 0.4) is 0 Å². The molecule has 0 amide bonds. The Labute approximate surface area is 157 Å². The van der Waals surface area contributed by atoms with E-state index in [0.29, 0.717) is 5.56 Å². The van der Waals surface area contributed by atoms with Crippen LogP contribution < -0.4 is 5.46 Å². The molecule has 0 saturated carbocycles. The van der Waals surface area contributed by atoms with Crippen molar-refractivity contribution >= 4 is 29.2 Å². The fourth-order valence-corrected chi connectivity index (χ4v) is 8.70. The van der Waals surface area contributed by atoms with Crippen LogP contribution in [0.1, 0.15) is 47.1 Å². The summed E-state index contributed by atoms with van der Waals surface area (Å²) in [5, 5.41) is 9.07. The third kappa shape index (κ3) is 5.55. The summed E-state index contributed by atoms with van der Waals surface area (Å²) in [6.07, 6.45) is 0. The average molecular weight is 375 g/mol. The standard InChI is InChI=1S/C19H34BNO2Si2/c1-7-24(8-2,9-3)22-20(23-25(10-4,11-5)12-6)19-15-13-18(17-21)14-16-19/h13-16H,7-12H2,1-6H3. The molecular weight excluding hydrogens is 341 g/mol. The molecule has 0 spiro atoms. The van der Waals surface area contributed by atoms with Crippen molar-refractivity contribution in [2.24, 2.45) is 0 Å². The van der Waals surface area contributed by atoms with Crippen molar-refractivity contribution < 1.29 is 8.69 Å². The summed E-state index contributed by atoms with van der Waals surface area (Å²) >= 11 is 0. The molecule has 0 atom stereocenters. The van der Waals surface area contributed by atoms with E-state index in [9.17, 15) is 0 Å². The predicted octanol–water partition coefficient (Wildman–Crippen LogP) is 5.30. The molecule has 0 saturated heterocycles. The lowest BCUT2D eigenvalue weighted by Crippen LogP contribution is -2.54. The molecule has 0 radical (unpaired) electrons. The van der Waals surface area contributed by atoms with E-state index in [4.69, 9.17) is 13.9 Å². The lowest BCUT2D eigenvalue weighted by Gasteiger charge is -2.37. The van der Waals surface area contributed by atoms with E-state index in [2.05, 4.69) is 47.6 Å². The molecule has 6 heteroatoms. The van der Waals surface area contributed by atoms with Gasteiger partial charge in [0.05, 0.1) is 11.6 Å². The van der Waals surface area contributed by atoms with Gasteiger partial charge in [-0.2, -0.15) is 5.26 Å². The average Bonchev–Trinajstić information content (AvgIpc) is 2.69. The molecule has 0 heterocycles. The first-order valence-corrected chi connectivity index (χ1v) is 14.9. The Morgan fingerprint density at radius 3 is 1.40 bits per heavy atom. The molecular formula is C19H34BNO2Si2. The summed E-state index contributed by atoms with van der Waals surface area (Å²) in [5.74, 6) is 0. The zero-order chi connectivity index (χ0) is 18.9. The van der Waals surface area contributed by atoms with Crippen molar-refractivity contribution in [2.75, 3.05) is 0 Å². The SMILES string of the molecule is CC[Si](CC)(CC)OB(O[Si](CC)(CC)CC)c1ccc(C#N)cc1. The number of nitrogens with zero attached hydrogens (tertiary/aromatic N) is 1. The number of nitriles is 1. The van der Waals surface area contributed by atoms with E-state index in [0.717, 1.165) is 41.7 Å². The highest BCUT2D eigenvalue weighted by molar-refractivity contribution is 6.87. The Hall–Kier alpha value is -0.871. The fourth-order valence-electron chi connectivity index (χ4n) is 3.33. The van der Waals surface area contributed by atoms with Crippen LogP contribution in [0, 0.1) is 11.3 Å². The van der Waals surface area contributed by atoms with E-state index in [1.807, 2.05) is 24.3 Å². The Morgan fingerprint density at radius 2 is 1.12 bits per heavy atom. The van der Waals surface area contributed by atoms with Gasteiger partial charge in [-0.05, 0) is 53.9 Å². The van der Waals surface area contributed by atoms with E-state index in [-0.39, 0.29) is 7.12 Å². The lowest BCUT2D eigenvalue weighted by atomic mass is 9.80. The normalized spacial score (nSPS) is 12.0. The van der Waals surface area contributed by atoms with Gasteiger partial charge >= 0.3 is 7.12 Å². The molecule has 0 bridgehead atoms. The topological polar surface area (TPSA) is 42.2 Å². The smallest absolute Gasteiger partial charge is 0.450 e. The van der Waals surface area contributed by atoms with Crippen molar-refractivity contribution in [3.63, 3.8) is 0 Å². The quantitative estimate of drug-likeness (QED) is 0.493. The van der Waals surface area contributed by atoms with Crippen LogP contribution >= 0.6 is 0 Å². The number of hydrogen-bond donors (Lipinski definition) is 0. The second-order valence-corrected chi connectivity index (χ2v) is 16.2. The minimum absolute atomic E-state index is 0.286. The van der Waals surface area contributed by atoms with Gasteiger partial charge in [0.2, 0.25) is 0 Å². The van der Waals surface area contributed by atoms with Crippen LogP contribution in [0.5, 0.6) is 0 Å². The third-order valence-electron chi connectivity index (χ3n) is 5.89. The van der Waals surface area contributed by atoms with Crippen molar-refractivity contribution in [1.82, 2.24) is 0 Å². The van der Waals surface area contributed by atoms with Gasteiger partial charge < -0.3 is 8.69 Å². The minimum atomic E-state index is -1.79. The largest absolute Gasteiger partial charge is 0.472 e. The molecule has 1 rings (SSSR count). The van der Waals surface area contributed by atoms with Crippen LogP contribution in [0.25, 0.3) is 0 Å². The summed E-state index contributed by atoms with van der Waals surface area (Å²) in [7, 11) is -3.87. The molecule has 0 aliphatic heterocycles. The highest BCUT2D eigenvalue weighted by Gasteiger charge is 2.40. The van der Waals surface area contributed by atoms with Crippen LogP contribution in [-0.2, 0) is 8.69 Å². The number of benzene rings is 1. The molecule has 0 aliphatic rings. The molecule has 25 heavy (non-hydrogen) atoms. The van der Waals surface area contributed by atoms with Gasteiger partial charge in [-0.15, -0.1) is 0 Å². The highest BCUT2D eigenvalue weighted by Crippen LogP contribution is 2.27. The summed E-state index contributed by atoms with van der Waals surface area (Å²) in [6, 6.07) is 16.6.